The van der Waals surface area contributed by atoms with Crippen LogP contribution in [0, 0.1) is 11.8 Å². The second-order valence-corrected chi connectivity index (χ2v) is 8.78. The number of carbonyl (C=O) groups excluding carboxylic acids is 1. The van der Waals surface area contributed by atoms with E-state index in [0.717, 1.165) is 37.2 Å². The van der Waals surface area contributed by atoms with Gasteiger partial charge in [-0.2, -0.15) is 0 Å². The normalized spacial score (nSPS) is 19.6. The van der Waals surface area contributed by atoms with E-state index in [2.05, 4.69) is 4.90 Å². The van der Waals surface area contributed by atoms with Crippen LogP contribution in [0.5, 0.6) is 5.75 Å². The van der Waals surface area contributed by atoms with Crippen molar-refractivity contribution >= 4 is 23.8 Å². The number of fused-ring (bicyclic) bond motifs is 1. The molecule has 1 aromatic carbocycles. The molecule has 1 aliphatic carbocycles. The van der Waals surface area contributed by atoms with Crippen LogP contribution in [0.4, 0.5) is 0 Å². The molecule has 1 amide bonds. The number of aliphatic hydroxyl groups is 1. The lowest BCUT2D eigenvalue weighted by molar-refractivity contribution is -0.170. The highest BCUT2D eigenvalue weighted by atomic mass is 16.5. The molecule has 6 N–H and O–H groups in total. The Labute approximate surface area is 197 Å². The zero-order valence-corrected chi connectivity index (χ0v) is 18.9. The number of primary amides is 1. The van der Waals surface area contributed by atoms with Crippen molar-refractivity contribution in [3.63, 3.8) is 0 Å². The molecule has 1 aliphatic heterocycles. The number of ether oxygens (including phenoxy) is 1. The number of carboxylic acid groups (broad SMARTS) is 3. The SMILES string of the molecule is NC(=O)c1ccc(OCCCN2C[C@H]3CCC[C@H]3C2)cc1.O=C(O)CC(O)(CC(=O)O)C(=O)O. The molecule has 11 nitrogen and oxygen atoms in total. The summed E-state index contributed by atoms with van der Waals surface area (Å²) in [5, 5.41) is 33.8. The molecule has 1 heterocycles. The first kappa shape index (κ1) is 27.1. The van der Waals surface area contributed by atoms with Crippen LogP contribution in [0.1, 0.15) is 48.9 Å². The molecule has 2 aliphatic rings. The van der Waals surface area contributed by atoms with E-state index in [4.69, 9.17) is 30.9 Å². The third-order valence-corrected chi connectivity index (χ3v) is 6.11. The van der Waals surface area contributed by atoms with Gasteiger partial charge in [0.05, 0.1) is 19.4 Å². The minimum Gasteiger partial charge on any atom is -0.494 e. The number of carboxylic acids is 3. The Hall–Kier alpha value is -3.18. The standard InChI is InChI=1S/C17H24N2O2.C6H8O7/c18-17(20)13-5-7-16(8-6-13)21-10-2-9-19-11-14-3-1-4-15(14)12-19;7-3(8)1-6(13,5(11)12)2-4(9)10/h5-8,14-15H,1-4,9-12H2,(H2,18,20);13H,1-2H2,(H,7,8)(H,9,10)(H,11,12)/t14-,15+;. The predicted molar refractivity (Wildman–Crippen MR) is 119 cm³/mol. The number of carbonyl (C=O) groups is 4. The molecule has 0 spiro atoms. The van der Waals surface area contributed by atoms with Gasteiger partial charge in [-0.1, -0.05) is 6.42 Å². The Kier molecular flexibility index (Phi) is 9.82. The minimum absolute atomic E-state index is 0.402. The van der Waals surface area contributed by atoms with Crippen molar-refractivity contribution in [2.75, 3.05) is 26.2 Å². The Bertz CT molecular complexity index is 844. The molecule has 0 aromatic heterocycles. The number of amides is 1. The summed E-state index contributed by atoms with van der Waals surface area (Å²) in [4.78, 5) is 44.1. The Morgan fingerprint density at radius 1 is 0.971 bits per heavy atom. The van der Waals surface area contributed by atoms with Crippen molar-refractivity contribution in [1.82, 2.24) is 4.90 Å². The van der Waals surface area contributed by atoms with Crippen molar-refractivity contribution in [3.05, 3.63) is 29.8 Å². The first-order chi connectivity index (χ1) is 16.0. The second kappa shape index (κ2) is 12.3. The highest BCUT2D eigenvalue weighted by Gasteiger charge is 2.40. The molecule has 2 fully saturated rings. The van der Waals surface area contributed by atoms with Gasteiger partial charge in [0.15, 0.2) is 5.60 Å². The van der Waals surface area contributed by atoms with Gasteiger partial charge in [0.2, 0.25) is 5.91 Å². The van der Waals surface area contributed by atoms with Gasteiger partial charge in [0.25, 0.3) is 0 Å². The summed E-state index contributed by atoms with van der Waals surface area (Å²) in [6.07, 6.45) is 3.07. The van der Waals surface area contributed by atoms with E-state index in [1.807, 2.05) is 0 Å². The monoisotopic (exact) mass is 480 g/mol. The summed E-state index contributed by atoms with van der Waals surface area (Å²) >= 11 is 0. The van der Waals surface area contributed by atoms with Crippen LogP contribution in [0.15, 0.2) is 24.3 Å². The fraction of sp³-hybridized carbons (Fsp3) is 0.565. The average molecular weight is 481 g/mol. The first-order valence-electron chi connectivity index (χ1n) is 11.1. The second-order valence-electron chi connectivity index (χ2n) is 8.78. The highest BCUT2D eigenvalue weighted by Crippen LogP contribution is 2.37. The number of hydrogen-bond acceptors (Lipinski definition) is 7. The summed E-state index contributed by atoms with van der Waals surface area (Å²) in [6, 6.07) is 7.03. The summed E-state index contributed by atoms with van der Waals surface area (Å²) < 4.78 is 5.72. The molecule has 3 rings (SSSR count). The number of benzene rings is 1. The van der Waals surface area contributed by atoms with Gasteiger partial charge in [-0.25, -0.2) is 4.79 Å². The summed E-state index contributed by atoms with van der Waals surface area (Å²) in [5.74, 6) is -2.69. The summed E-state index contributed by atoms with van der Waals surface area (Å²) in [5.41, 5.74) is 2.99. The molecule has 0 radical (unpaired) electrons. The lowest BCUT2D eigenvalue weighted by Crippen LogP contribution is -2.42. The van der Waals surface area contributed by atoms with Gasteiger partial charge >= 0.3 is 17.9 Å². The molecule has 1 saturated carbocycles. The van der Waals surface area contributed by atoms with E-state index >= 15 is 0 Å². The van der Waals surface area contributed by atoms with E-state index < -0.39 is 42.3 Å². The third kappa shape index (κ3) is 8.31. The number of nitrogens with two attached hydrogens (primary N) is 1. The molecule has 11 heteroatoms. The maximum Gasteiger partial charge on any atom is 0.336 e. The van der Waals surface area contributed by atoms with E-state index in [9.17, 15) is 19.2 Å². The van der Waals surface area contributed by atoms with Crippen LogP contribution >= 0.6 is 0 Å². The smallest absolute Gasteiger partial charge is 0.336 e. The van der Waals surface area contributed by atoms with Crippen LogP contribution < -0.4 is 10.5 Å². The predicted octanol–water partition coefficient (Wildman–Crippen LogP) is 1.04. The van der Waals surface area contributed by atoms with Gasteiger partial charge in [0.1, 0.15) is 5.75 Å². The number of nitrogens with zero attached hydrogens (tertiary/aromatic N) is 1. The number of rotatable bonds is 11. The molecular weight excluding hydrogens is 448 g/mol. The number of hydrogen-bond donors (Lipinski definition) is 5. The van der Waals surface area contributed by atoms with Gasteiger partial charge < -0.3 is 35.8 Å². The molecule has 2 atom stereocenters. The summed E-state index contributed by atoms with van der Waals surface area (Å²) in [6.45, 7) is 4.43. The zero-order valence-electron chi connectivity index (χ0n) is 18.9. The fourth-order valence-electron chi connectivity index (χ4n) is 4.42. The quantitative estimate of drug-likeness (QED) is 0.286. The maximum absolute atomic E-state index is 11.0. The van der Waals surface area contributed by atoms with Gasteiger partial charge in [-0.15, -0.1) is 0 Å². The topological polar surface area (TPSA) is 188 Å². The Morgan fingerprint density at radius 2 is 1.50 bits per heavy atom. The molecule has 34 heavy (non-hydrogen) atoms. The van der Waals surface area contributed by atoms with Crippen LogP contribution in [0.3, 0.4) is 0 Å². The van der Waals surface area contributed by atoms with E-state index in [1.165, 1.54) is 32.4 Å². The van der Waals surface area contributed by atoms with Crippen molar-refractivity contribution in [2.45, 2.75) is 44.1 Å². The van der Waals surface area contributed by atoms with Gasteiger partial charge in [-0.05, 0) is 55.4 Å². The van der Waals surface area contributed by atoms with E-state index in [1.54, 1.807) is 24.3 Å². The van der Waals surface area contributed by atoms with Crippen LogP contribution in [-0.4, -0.2) is 81.0 Å². The van der Waals surface area contributed by atoms with Gasteiger partial charge in [0, 0.05) is 25.2 Å². The van der Waals surface area contributed by atoms with E-state index in [-0.39, 0.29) is 0 Å². The third-order valence-electron chi connectivity index (χ3n) is 6.11. The molecule has 1 saturated heterocycles. The molecule has 1 aromatic rings. The van der Waals surface area contributed by atoms with Crippen LogP contribution in [-0.2, 0) is 14.4 Å². The van der Waals surface area contributed by atoms with Crippen LogP contribution in [0.25, 0.3) is 0 Å². The fourth-order valence-corrected chi connectivity index (χ4v) is 4.42. The highest BCUT2D eigenvalue weighted by molar-refractivity contribution is 5.92. The zero-order chi connectivity index (χ0) is 25.3. The molecule has 188 valence electrons. The minimum atomic E-state index is -2.74. The number of likely N-dealkylation sites (tertiary alicyclic amines) is 1. The van der Waals surface area contributed by atoms with E-state index in [0.29, 0.717) is 5.56 Å². The Balaban J connectivity index is 0.000000273. The maximum atomic E-state index is 11.0. The van der Waals surface area contributed by atoms with Crippen molar-refractivity contribution in [2.24, 2.45) is 17.6 Å². The van der Waals surface area contributed by atoms with Crippen molar-refractivity contribution < 1.29 is 44.3 Å². The molecular formula is C23H32N2O9. The first-order valence-corrected chi connectivity index (χ1v) is 11.1. The summed E-state index contributed by atoms with van der Waals surface area (Å²) in [7, 11) is 0. The van der Waals surface area contributed by atoms with Gasteiger partial charge in [-0.3, -0.25) is 14.4 Å². The Morgan fingerprint density at radius 3 is 1.94 bits per heavy atom. The lowest BCUT2D eigenvalue weighted by atomic mass is 9.96. The molecule has 0 bridgehead atoms. The van der Waals surface area contributed by atoms with Crippen LogP contribution in [0.2, 0.25) is 0 Å². The van der Waals surface area contributed by atoms with Crippen molar-refractivity contribution in [3.8, 4) is 5.75 Å². The average Bonchev–Trinajstić information content (AvgIpc) is 3.32. The molecule has 0 unspecified atom stereocenters. The lowest BCUT2D eigenvalue weighted by Gasteiger charge is -2.18. The number of aliphatic carboxylic acids is 3. The van der Waals surface area contributed by atoms with Crippen molar-refractivity contribution in [1.29, 1.82) is 0 Å². The largest absolute Gasteiger partial charge is 0.494 e.